The van der Waals surface area contributed by atoms with Gasteiger partial charge < -0.3 is 26.4 Å². The molecule has 1 atom stereocenters. The third-order valence-corrected chi connectivity index (χ3v) is 6.33. The maximum absolute atomic E-state index is 13.3. The summed E-state index contributed by atoms with van der Waals surface area (Å²) < 4.78 is 6.82. The predicted molar refractivity (Wildman–Crippen MR) is 120 cm³/mol. The molecule has 1 aliphatic heterocycles. The molecule has 0 radical (unpaired) electrons. The van der Waals surface area contributed by atoms with E-state index < -0.39 is 5.54 Å². The van der Waals surface area contributed by atoms with Crippen molar-refractivity contribution in [1.29, 1.82) is 0 Å². The van der Waals surface area contributed by atoms with Gasteiger partial charge in [0.05, 0.1) is 23.9 Å². The van der Waals surface area contributed by atoms with Crippen LogP contribution in [0.4, 0.5) is 5.82 Å². The standard InChI is InChI=1S/C22H26N8O3/c1-33-17-9-13(4-7-25-17)16-10-15(18-19(23)26-12-27-30(16)18)20(31)28-14-3-2-8-29(11-14)21(32)22(24)5-6-22/h4,7,9-10,12,14H,2-3,5-6,8,11,24H2,1H3,(H,28,31)(H2,23,26,27)/t14-/m1/s1. The third-order valence-electron chi connectivity index (χ3n) is 6.33. The summed E-state index contributed by atoms with van der Waals surface area (Å²) in [4.78, 5) is 36.0. The van der Waals surface area contributed by atoms with Crippen LogP contribution >= 0.6 is 0 Å². The van der Waals surface area contributed by atoms with Crippen LogP contribution in [0, 0.1) is 0 Å². The zero-order valence-electron chi connectivity index (χ0n) is 18.3. The number of pyridine rings is 1. The molecule has 3 aromatic rings. The number of nitrogens with one attached hydrogen (secondary N) is 1. The molecule has 1 saturated carbocycles. The van der Waals surface area contributed by atoms with Gasteiger partial charge in [-0.3, -0.25) is 9.59 Å². The molecule has 172 valence electrons. The smallest absolute Gasteiger partial charge is 0.253 e. The first kappa shape index (κ1) is 21.1. The van der Waals surface area contributed by atoms with Crippen molar-refractivity contribution >= 4 is 23.1 Å². The Morgan fingerprint density at radius 1 is 1.27 bits per heavy atom. The number of carbonyl (C=O) groups is 2. The minimum atomic E-state index is -0.712. The van der Waals surface area contributed by atoms with Crippen molar-refractivity contribution in [3.05, 3.63) is 36.3 Å². The highest BCUT2D eigenvalue weighted by Crippen LogP contribution is 2.35. The number of nitrogen functional groups attached to an aromatic ring is 1. The van der Waals surface area contributed by atoms with E-state index in [4.69, 9.17) is 16.2 Å². The number of fused-ring (bicyclic) bond motifs is 1. The number of aromatic nitrogens is 4. The fourth-order valence-corrected chi connectivity index (χ4v) is 4.33. The normalized spacial score (nSPS) is 19.3. The van der Waals surface area contributed by atoms with Crippen molar-refractivity contribution in [2.75, 3.05) is 25.9 Å². The molecule has 3 aromatic heterocycles. The number of nitrogens with two attached hydrogens (primary N) is 2. The van der Waals surface area contributed by atoms with Crippen molar-refractivity contribution in [1.82, 2.24) is 29.8 Å². The summed E-state index contributed by atoms with van der Waals surface area (Å²) in [7, 11) is 1.54. The summed E-state index contributed by atoms with van der Waals surface area (Å²) in [6.45, 7) is 1.10. The molecule has 2 amide bonds. The maximum atomic E-state index is 13.3. The van der Waals surface area contributed by atoms with Crippen LogP contribution in [0.15, 0.2) is 30.7 Å². The average Bonchev–Trinajstić information content (AvgIpc) is 3.45. The van der Waals surface area contributed by atoms with Gasteiger partial charge in [-0.25, -0.2) is 14.5 Å². The molecular weight excluding hydrogens is 424 g/mol. The summed E-state index contributed by atoms with van der Waals surface area (Å²) in [5.74, 6) is 0.314. The first-order valence-electron chi connectivity index (χ1n) is 10.9. The molecule has 1 aliphatic carbocycles. The van der Waals surface area contributed by atoms with Gasteiger partial charge in [-0.1, -0.05) is 0 Å². The molecule has 33 heavy (non-hydrogen) atoms. The number of ether oxygens (including phenoxy) is 1. The average molecular weight is 451 g/mol. The Hall–Kier alpha value is -3.73. The molecule has 5 N–H and O–H groups in total. The van der Waals surface area contributed by atoms with E-state index in [-0.39, 0.29) is 23.7 Å². The van der Waals surface area contributed by atoms with E-state index in [0.717, 1.165) is 31.2 Å². The zero-order chi connectivity index (χ0) is 23.2. The molecule has 5 rings (SSSR count). The molecule has 0 bridgehead atoms. The van der Waals surface area contributed by atoms with E-state index in [9.17, 15) is 9.59 Å². The first-order chi connectivity index (χ1) is 15.9. The van der Waals surface area contributed by atoms with Gasteiger partial charge in [-0.05, 0) is 37.8 Å². The Balaban J connectivity index is 1.43. The van der Waals surface area contributed by atoms with Crippen LogP contribution in [0.2, 0.25) is 0 Å². The predicted octanol–water partition coefficient (Wildman–Crippen LogP) is 0.594. The molecule has 4 heterocycles. The topological polar surface area (TPSA) is 154 Å². The van der Waals surface area contributed by atoms with Crippen molar-refractivity contribution in [2.24, 2.45) is 5.73 Å². The number of nitrogens with zero attached hydrogens (tertiary/aromatic N) is 5. The van der Waals surface area contributed by atoms with Gasteiger partial charge in [0, 0.05) is 37.0 Å². The molecule has 1 saturated heterocycles. The van der Waals surface area contributed by atoms with Gasteiger partial charge in [0.2, 0.25) is 11.8 Å². The van der Waals surface area contributed by atoms with E-state index >= 15 is 0 Å². The molecular formula is C22H26N8O3. The molecule has 0 unspecified atom stereocenters. The van der Waals surface area contributed by atoms with E-state index in [2.05, 4.69) is 20.4 Å². The quantitative estimate of drug-likeness (QED) is 0.510. The van der Waals surface area contributed by atoms with Crippen LogP contribution < -0.4 is 21.5 Å². The van der Waals surface area contributed by atoms with E-state index in [1.807, 2.05) is 0 Å². The molecule has 0 aromatic carbocycles. The fourth-order valence-electron chi connectivity index (χ4n) is 4.33. The number of likely N-dealkylation sites (tertiary alicyclic amines) is 1. The lowest BCUT2D eigenvalue weighted by Crippen LogP contribution is -2.54. The van der Waals surface area contributed by atoms with Gasteiger partial charge in [-0.15, -0.1) is 0 Å². The minimum absolute atomic E-state index is 0.0256. The van der Waals surface area contributed by atoms with Crippen molar-refractivity contribution in [3.8, 4) is 17.1 Å². The molecule has 11 heteroatoms. The number of piperidine rings is 1. The Kier molecular flexibility index (Phi) is 5.12. The molecule has 0 spiro atoms. The number of rotatable bonds is 5. The van der Waals surface area contributed by atoms with Crippen LogP contribution in [0.5, 0.6) is 5.88 Å². The second-order valence-electron chi connectivity index (χ2n) is 8.66. The lowest BCUT2D eigenvalue weighted by atomic mass is 10.0. The molecule has 2 aliphatic rings. The van der Waals surface area contributed by atoms with E-state index in [0.29, 0.717) is 35.7 Å². The second-order valence-corrected chi connectivity index (χ2v) is 8.66. The number of anilines is 1. The van der Waals surface area contributed by atoms with Crippen LogP contribution in [-0.2, 0) is 4.79 Å². The highest BCUT2D eigenvalue weighted by molar-refractivity contribution is 6.05. The van der Waals surface area contributed by atoms with Crippen molar-refractivity contribution < 1.29 is 14.3 Å². The first-order valence-corrected chi connectivity index (χ1v) is 10.9. The van der Waals surface area contributed by atoms with E-state index in [1.165, 1.54) is 13.4 Å². The van der Waals surface area contributed by atoms with Crippen LogP contribution in [0.3, 0.4) is 0 Å². The van der Waals surface area contributed by atoms with Gasteiger partial charge in [0.1, 0.15) is 11.8 Å². The summed E-state index contributed by atoms with van der Waals surface area (Å²) in [6, 6.07) is 5.11. The van der Waals surface area contributed by atoms with Crippen molar-refractivity contribution in [3.63, 3.8) is 0 Å². The lowest BCUT2D eigenvalue weighted by molar-refractivity contribution is -0.134. The van der Waals surface area contributed by atoms with Gasteiger partial charge in [0.25, 0.3) is 5.91 Å². The number of methoxy groups -OCH3 is 1. The van der Waals surface area contributed by atoms with Gasteiger partial charge >= 0.3 is 0 Å². The largest absolute Gasteiger partial charge is 0.481 e. The summed E-state index contributed by atoms with van der Waals surface area (Å²) >= 11 is 0. The highest BCUT2D eigenvalue weighted by atomic mass is 16.5. The Morgan fingerprint density at radius 2 is 2.09 bits per heavy atom. The summed E-state index contributed by atoms with van der Waals surface area (Å²) in [5, 5.41) is 7.37. The summed E-state index contributed by atoms with van der Waals surface area (Å²) in [5.41, 5.74) is 13.7. The van der Waals surface area contributed by atoms with Gasteiger partial charge in [-0.2, -0.15) is 5.10 Å². The second kappa shape index (κ2) is 8.00. The molecule has 2 fully saturated rings. The number of hydrogen-bond acceptors (Lipinski definition) is 8. The van der Waals surface area contributed by atoms with Crippen LogP contribution in [-0.4, -0.2) is 68.1 Å². The maximum Gasteiger partial charge on any atom is 0.253 e. The lowest BCUT2D eigenvalue weighted by Gasteiger charge is -2.34. The number of carbonyl (C=O) groups excluding carboxylic acids is 2. The Morgan fingerprint density at radius 3 is 2.85 bits per heavy atom. The Labute approximate surface area is 190 Å². The zero-order valence-corrected chi connectivity index (χ0v) is 18.3. The fraction of sp³-hybridized carbons (Fsp3) is 0.409. The minimum Gasteiger partial charge on any atom is -0.481 e. The SMILES string of the molecule is COc1cc(-c2cc(C(=O)N[C@@H]3CCCN(C(=O)C4(N)CC4)C3)c3c(N)ncnn23)ccn1. The van der Waals surface area contributed by atoms with Crippen LogP contribution in [0.25, 0.3) is 16.8 Å². The highest BCUT2D eigenvalue weighted by Gasteiger charge is 2.48. The summed E-state index contributed by atoms with van der Waals surface area (Å²) in [6.07, 6.45) is 5.98. The van der Waals surface area contributed by atoms with Crippen molar-refractivity contribution in [2.45, 2.75) is 37.3 Å². The molecule has 11 nitrogen and oxygen atoms in total. The number of hydrogen-bond donors (Lipinski definition) is 3. The Bertz CT molecular complexity index is 1240. The van der Waals surface area contributed by atoms with E-state index in [1.54, 1.807) is 33.8 Å². The van der Waals surface area contributed by atoms with Crippen LogP contribution in [0.1, 0.15) is 36.0 Å². The van der Waals surface area contributed by atoms with Gasteiger partial charge in [0.15, 0.2) is 5.82 Å². The monoisotopic (exact) mass is 450 g/mol. The third kappa shape index (κ3) is 3.84. The number of amides is 2.